The Morgan fingerprint density at radius 3 is 2.31 bits per heavy atom. The van der Waals surface area contributed by atoms with E-state index in [2.05, 4.69) is 10.6 Å². The molecular formula is C13H22N2O. The van der Waals surface area contributed by atoms with Gasteiger partial charge in [0.15, 0.2) is 0 Å². The lowest BCUT2D eigenvalue weighted by atomic mass is 9.97. The van der Waals surface area contributed by atoms with E-state index in [1.54, 1.807) is 0 Å². The molecule has 1 saturated heterocycles. The van der Waals surface area contributed by atoms with Crippen molar-refractivity contribution in [2.24, 2.45) is 17.8 Å². The average molecular weight is 222 g/mol. The summed E-state index contributed by atoms with van der Waals surface area (Å²) in [5.74, 6) is 2.17. The zero-order chi connectivity index (χ0) is 11.0. The molecule has 0 aromatic carbocycles. The molecule has 3 heteroatoms. The molecule has 1 amide bonds. The summed E-state index contributed by atoms with van der Waals surface area (Å²) in [5.41, 5.74) is 0. The molecule has 2 aliphatic carbocycles. The van der Waals surface area contributed by atoms with Gasteiger partial charge >= 0.3 is 0 Å². The smallest absolute Gasteiger partial charge is 0.224 e. The summed E-state index contributed by atoms with van der Waals surface area (Å²) in [6.45, 7) is 1.96. The van der Waals surface area contributed by atoms with Crippen LogP contribution in [0.5, 0.6) is 0 Å². The first-order valence-electron chi connectivity index (χ1n) is 6.85. The third-order valence-corrected chi connectivity index (χ3v) is 4.24. The molecule has 3 nitrogen and oxygen atoms in total. The predicted octanol–water partition coefficient (Wildman–Crippen LogP) is 1.29. The molecule has 90 valence electrons. The Balaban J connectivity index is 1.53. The number of amides is 1. The van der Waals surface area contributed by atoms with Gasteiger partial charge in [0.05, 0.1) is 5.92 Å². The van der Waals surface area contributed by atoms with Crippen LogP contribution in [0.15, 0.2) is 0 Å². The molecule has 0 radical (unpaired) electrons. The number of rotatable bonds is 4. The molecule has 3 aliphatic rings. The van der Waals surface area contributed by atoms with Gasteiger partial charge < -0.3 is 10.6 Å². The van der Waals surface area contributed by atoms with E-state index in [9.17, 15) is 4.79 Å². The Kier molecular flexibility index (Phi) is 2.88. The molecule has 0 aromatic heterocycles. The van der Waals surface area contributed by atoms with Gasteiger partial charge in [-0.25, -0.2) is 0 Å². The van der Waals surface area contributed by atoms with Crippen LogP contribution in [0.4, 0.5) is 0 Å². The van der Waals surface area contributed by atoms with Crippen LogP contribution < -0.4 is 10.6 Å². The Bertz CT molecular complexity index is 253. The summed E-state index contributed by atoms with van der Waals surface area (Å²) >= 11 is 0. The number of carbonyl (C=O) groups is 1. The van der Waals surface area contributed by atoms with E-state index in [1.165, 1.54) is 25.7 Å². The highest BCUT2D eigenvalue weighted by atomic mass is 16.2. The first-order chi connectivity index (χ1) is 7.84. The molecular weight excluding hydrogens is 200 g/mol. The van der Waals surface area contributed by atoms with Gasteiger partial charge in [0.2, 0.25) is 5.91 Å². The second-order valence-corrected chi connectivity index (χ2v) is 5.75. The Morgan fingerprint density at radius 2 is 1.81 bits per heavy atom. The maximum Gasteiger partial charge on any atom is 0.224 e. The van der Waals surface area contributed by atoms with Crippen molar-refractivity contribution in [3.05, 3.63) is 0 Å². The van der Waals surface area contributed by atoms with Crippen LogP contribution in [0.25, 0.3) is 0 Å². The summed E-state index contributed by atoms with van der Waals surface area (Å²) in [4.78, 5) is 12.1. The van der Waals surface area contributed by atoms with Gasteiger partial charge in [0.25, 0.3) is 0 Å². The highest BCUT2D eigenvalue weighted by Gasteiger charge is 2.42. The van der Waals surface area contributed by atoms with Gasteiger partial charge in [-0.05, 0) is 56.9 Å². The minimum Gasteiger partial charge on any atom is -0.353 e. The second-order valence-electron chi connectivity index (χ2n) is 5.75. The number of piperidine rings is 1. The number of nitrogens with one attached hydrogen (secondary N) is 2. The second kappa shape index (κ2) is 4.36. The zero-order valence-corrected chi connectivity index (χ0v) is 9.87. The molecule has 0 spiro atoms. The molecule has 3 rings (SSSR count). The van der Waals surface area contributed by atoms with Crippen LogP contribution >= 0.6 is 0 Å². The SMILES string of the molecule is O=C(NC(C1CC1)C1CC1)C1CCCNC1. The normalized spacial score (nSPS) is 30.4. The maximum atomic E-state index is 12.1. The Hall–Kier alpha value is -0.570. The zero-order valence-electron chi connectivity index (χ0n) is 9.87. The monoisotopic (exact) mass is 222 g/mol. The van der Waals surface area contributed by atoms with Crippen molar-refractivity contribution in [1.29, 1.82) is 0 Å². The van der Waals surface area contributed by atoms with Crippen molar-refractivity contribution in [2.75, 3.05) is 13.1 Å². The van der Waals surface area contributed by atoms with Crippen molar-refractivity contribution >= 4 is 5.91 Å². The van der Waals surface area contributed by atoms with Crippen molar-refractivity contribution < 1.29 is 4.79 Å². The molecule has 1 atom stereocenters. The van der Waals surface area contributed by atoms with Gasteiger partial charge in [0, 0.05) is 12.6 Å². The number of hydrogen-bond donors (Lipinski definition) is 2. The third-order valence-electron chi connectivity index (χ3n) is 4.24. The van der Waals surface area contributed by atoms with Gasteiger partial charge in [-0.2, -0.15) is 0 Å². The fourth-order valence-electron chi connectivity index (χ4n) is 2.89. The van der Waals surface area contributed by atoms with Gasteiger partial charge in [-0.3, -0.25) is 4.79 Å². The minimum absolute atomic E-state index is 0.230. The number of carbonyl (C=O) groups excluding carboxylic acids is 1. The first-order valence-corrected chi connectivity index (χ1v) is 6.85. The average Bonchev–Trinajstić information content (AvgIpc) is 3.19. The minimum atomic E-state index is 0.230. The van der Waals surface area contributed by atoms with Crippen molar-refractivity contribution in [1.82, 2.24) is 10.6 Å². The molecule has 1 heterocycles. The maximum absolute atomic E-state index is 12.1. The fraction of sp³-hybridized carbons (Fsp3) is 0.923. The van der Waals surface area contributed by atoms with E-state index in [0.717, 1.165) is 37.8 Å². The van der Waals surface area contributed by atoms with Crippen LogP contribution in [-0.4, -0.2) is 25.0 Å². The Labute approximate surface area is 97.4 Å². The summed E-state index contributed by atoms with van der Waals surface area (Å²) in [6, 6.07) is 0.523. The molecule has 0 aromatic rings. The topological polar surface area (TPSA) is 41.1 Å². The molecule has 2 N–H and O–H groups in total. The van der Waals surface area contributed by atoms with Gasteiger partial charge in [0.1, 0.15) is 0 Å². The first kappa shape index (κ1) is 10.6. The van der Waals surface area contributed by atoms with E-state index in [-0.39, 0.29) is 5.92 Å². The lowest BCUT2D eigenvalue weighted by Gasteiger charge is -2.25. The molecule has 0 bridgehead atoms. The standard InChI is InChI=1S/C13H22N2O/c16-13(11-2-1-7-14-8-11)15-12(9-3-4-9)10-5-6-10/h9-12,14H,1-8H2,(H,15,16). The lowest BCUT2D eigenvalue weighted by Crippen LogP contribution is -2.46. The summed E-state index contributed by atoms with van der Waals surface area (Å²) in [5, 5.41) is 6.65. The van der Waals surface area contributed by atoms with Crippen LogP contribution in [0, 0.1) is 17.8 Å². The molecule has 3 fully saturated rings. The number of hydrogen-bond acceptors (Lipinski definition) is 2. The quantitative estimate of drug-likeness (QED) is 0.752. The van der Waals surface area contributed by atoms with E-state index in [0.29, 0.717) is 11.9 Å². The van der Waals surface area contributed by atoms with Crippen LogP contribution in [0.1, 0.15) is 38.5 Å². The predicted molar refractivity (Wildman–Crippen MR) is 63.0 cm³/mol. The van der Waals surface area contributed by atoms with Crippen molar-refractivity contribution in [3.8, 4) is 0 Å². The fourth-order valence-corrected chi connectivity index (χ4v) is 2.89. The largest absolute Gasteiger partial charge is 0.353 e. The summed E-state index contributed by atoms with van der Waals surface area (Å²) in [6.07, 6.45) is 7.57. The van der Waals surface area contributed by atoms with E-state index in [4.69, 9.17) is 0 Å². The van der Waals surface area contributed by atoms with Crippen molar-refractivity contribution in [2.45, 2.75) is 44.6 Å². The highest BCUT2D eigenvalue weighted by Crippen LogP contribution is 2.44. The summed E-state index contributed by atoms with van der Waals surface area (Å²) < 4.78 is 0. The van der Waals surface area contributed by atoms with Crippen LogP contribution in [0.3, 0.4) is 0 Å². The van der Waals surface area contributed by atoms with Crippen LogP contribution in [-0.2, 0) is 4.79 Å². The molecule has 16 heavy (non-hydrogen) atoms. The van der Waals surface area contributed by atoms with E-state index < -0.39 is 0 Å². The van der Waals surface area contributed by atoms with Gasteiger partial charge in [-0.15, -0.1) is 0 Å². The highest BCUT2D eigenvalue weighted by molar-refractivity contribution is 5.79. The van der Waals surface area contributed by atoms with Crippen molar-refractivity contribution in [3.63, 3.8) is 0 Å². The van der Waals surface area contributed by atoms with E-state index in [1.807, 2.05) is 0 Å². The third kappa shape index (κ3) is 2.40. The lowest BCUT2D eigenvalue weighted by molar-refractivity contribution is -0.126. The molecule has 1 unspecified atom stereocenters. The molecule has 2 saturated carbocycles. The summed E-state index contributed by atoms with van der Waals surface area (Å²) in [7, 11) is 0. The Morgan fingerprint density at radius 1 is 1.12 bits per heavy atom. The van der Waals surface area contributed by atoms with Gasteiger partial charge in [-0.1, -0.05) is 0 Å². The molecule has 1 aliphatic heterocycles. The van der Waals surface area contributed by atoms with E-state index >= 15 is 0 Å². The van der Waals surface area contributed by atoms with Crippen LogP contribution in [0.2, 0.25) is 0 Å².